The SMILES string of the molecule is Cc1cc(OCC(N)=O)ccc1NC(=O)c1nc(Cl)ccc1Cl. The molecule has 0 aliphatic carbocycles. The van der Waals surface area contributed by atoms with Gasteiger partial charge in [-0.25, -0.2) is 4.98 Å². The Morgan fingerprint density at radius 1 is 1.26 bits per heavy atom. The third-order valence-electron chi connectivity index (χ3n) is 2.85. The van der Waals surface area contributed by atoms with Crippen molar-refractivity contribution < 1.29 is 14.3 Å². The highest BCUT2D eigenvalue weighted by Crippen LogP contribution is 2.23. The summed E-state index contributed by atoms with van der Waals surface area (Å²) in [6.45, 7) is 1.56. The lowest BCUT2D eigenvalue weighted by Crippen LogP contribution is -2.20. The molecule has 2 rings (SSSR count). The molecule has 0 radical (unpaired) electrons. The van der Waals surface area contributed by atoms with E-state index in [9.17, 15) is 9.59 Å². The normalized spacial score (nSPS) is 10.2. The van der Waals surface area contributed by atoms with Gasteiger partial charge in [0.15, 0.2) is 6.61 Å². The lowest BCUT2D eigenvalue weighted by atomic mass is 10.2. The van der Waals surface area contributed by atoms with Gasteiger partial charge in [0.25, 0.3) is 11.8 Å². The molecule has 8 heteroatoms. The number of hydrogen-bond donors (Lipinski definition) is 2. The zero-order chi connectivity index (χ0) is 17.0. The number of ether oxygens (including phenoxy) is 1. The van der Waals surface area contributed by atoms with Crippen LogP contribution in [0.3, 0.4) is 0 Å². The molecular weight excluding hydrogens is 341 g/mol. The van der Waals surface area contributed by atoms with Crippen LogP contribution in [-0.2, 0) is 4.79 Å². The number of benzene rings is 1. The Bertz CT molecular complexity index is 766. The lowest BCUT2D eigenvalue weighted by Gasteiger charge is -2.11. The Balaban J connectivity index is 2.15. The highest BCUT2D eigenvalue weighted by Gasteiger charge is 2.14. The van der Waals surface area contributed by atoms with Gasteiger partial charge in [0.1, 0.15) is 16.6 Å². The van der Waals surface area contributed by atoms with Crippen LogP contribution in [0.5, 0.6) is 5.75 Å². The van der Waals surface area contributed by atoms with E-state index in [1.165, 1.54) is 12.1 Å². The molecule has 0 atom stereocenters. The molecule has 0 spiro atoms. The van der Waals surface area contributed by atoms with Crippen molar-refractivity contribution in [3.63, 3.8) is 0 Å². The first kappa shape index (κ1) is 17.1. The van der Waals surface area contributed by atoms with E-state index < -0.39 is 11.8 Å². The van der Waals surface area contributed by atoms with Crippen LogP contribution in [0.4, 0.5) is 5.69 Å². The van der Waals surface area contributed by atoms with E-state index in [0.717, 1.165) is 5.56 Å². The van der Waals surface area contributed by atoms with Gasteiger partial charge in [0.2, 0.25) is 0 Å². The van der Waals surface area contributed by atoms with Crippen LogP contribution < -0.4 is 15.8 Å². The molecule has 0 saturated heterocycles. The monoisotopic (exact) mass is 353 g/mol. The molecule has 2 amide bonds. The Labute approximate surface area is 142 Å². The molecule has 23 heavy (non-hydrogen) atoms. The Hall–Kier alpha value is -2.31. The first-order chi connectivity index (χ1) is 10.9. The number of carbonyl (C=O) groups excluding carboxylic acids is 2. The van der Waals surface area contributed by atoms with E-state index in [0.29, 0.717) is 11.4 Å². The standard InChI is InChI=1S/C15H13Cl2N3O3/c1-8-6-9(23-7-13(18)21)2-4-11(8)19-15(22)14-10(16)3-5-12(17)20-14/h2-6H,7H2,1H3,(H2,18,21)(H,19,22). The van der Waals surface area contributed by atoms with Gasteiger partial charge in [0.05, 0.1) is 5.02 Å². The Morgan fingerprint density at radius 2 is 2.00 bits per heavy atom. The van der Waals surface area contributed by atoms with Gasteiger partial charge in [-0.2, -0.15) is 0 Å². The van der Waals surface area contributed by atoms with Crippen LogP contribution in [-0.4, -0.2) is 23.4 Å². The zero-order valence-corrected chi connectivity index (χ0v) is 13.6. The highest BCUT2D eigenvalue weighted by atomic mass is 35.5. The Morgan fingerprint density at radius 3 is 2.65 bits per heavy atom. The number of carbonyl (C=O) groups is 2. The van der Waals surface area contributed by atoms with Crippen molar-refractivity contribution in [1.29, 1.82) is 0 Å². The van der Waals surface area contributed by atoms with E-state index in [2.05, 4.69) is 10.3 Å². The third-order valence-corrected chi connectivity index (χ3v) is 3.37. The van der Waals surface area contributed by atoms with Gasteiger partial charge < -0.3 is 15.8 Å². The summed E-state index contributed by atoms with van der Waals surface area (Å²) in [5.74, 6) is -0.577. The van der Waals surface area contributed by atoms with Crippen LogP contribution in [0.25, 0.3) is 0 Å². The maximum Gasteiger partial charge on any atom is 0.275 e. The molecule has 1 aromatic carbocycles. The number of nitrogens with one attached hydrogen (secondary N) is 1. The van der Waals surface area contributed by atoms with Crippen LogP contribution >= 0.6 is 23.2 Å². The van der Waals surface area contributed by atoms with Gasteiger partial charge in [-0.05, 0) is 42.8 Å². The van der Waals surface area contributed by atoms with Crippen LogP contribution in [0.1, 0.15) is 16.1 Å². The van der Waals surface area contributed by atoms with E-state index in [1.807, 2.05) is 0 Å². The predicted octanol–water partition coefficient (Wildman–Crippen LogP) is 2.81. The van der Waals surface area contributed by atoms with E-state index in [4.69, 9.17) is 33.7 Å². The summed E-state index contributed by atoms with van der Waals surface area (Å²) >= 11 is 11.7. The molecule has 2 aromatic rings. The average molecular weight is 354 g/mol. The van der Waals surface area contributed by atoms with Crippen LogP contribution in [0.15, 0.2) is 30.3 Å². The summed E-state index contributed by atoms with van der Waals surface area (Å²) in [5.41, 5.74) is 6.34. The first-order valence-electron chi connectivity index (χ1n) is 6.52. The number of halogens is 2. The second kappa shape index (κ2) is 7.30. The number of amides is 2. The first-order valence-corrected chi connectivity index (χ1v) is 7.27. The molecule has 0 aliphatic heterocycles. The topological polar surface area (TPSA) is 94.3 Å². The molecular formula is C15H13Cl2N3O3. The molecule has 120 valence electrons. The number of rotatable bonds is 5. The number of anilines is 1. The Kier molecular flexibility index (Phi) is 5.41. The molecule has 0 bridgehead atoms. The maximum atomic E-state index is 12.2. The fourth-order valence-electron chi connectivity index (χ4n) is 1.78. The summed E-state index contributed by atoms with van der Waals surface area (Å²) in [5, 5.41) is 3.07. The molecule has 0 aliphatic rings. The van der Waals surface area contributed by atoms with Crippen molar-refractivity contribution in [2.24, 2.45) is 5.73 Å². The lowest BCUT2D eigenvalue weighted by molar-refractivity contribution is -0.119. The minimum Gasteiger partial charge on any atom is -0.484 e. The van der Waals surface area contributed by atoms with Crippen molar-refractivity contribution in [3.05, 3.63) is 51.8 Å². The van der Waals surface area contributed by atoms with Gasteiger partial charge in [0, 0.05) is 5.69 Å². The molecule has 3 N–H and O–H groups in total. The number of hydrogen-bond acceptors (Lipinski definition) is 4. The number of aromatic nitrogens is 1. The van der Waals surface area contributed by atoms with E-state index in [1.54, 1.807) is 25.1 Å². The van der Waals surface area contributed by atoms with E-state index in [-0.39, 0.29) is 22.5 Å². The van der Waals surface area contributed by atoms with Crippen LogP contribution in [0, 0.1) is 6.92 Å². The average Bonchev–Trinajstić information content (AvgIpc) is 2.50. The minimum absolute atomic E-state index is 0.0348. The molecule has 0 saturated carbocycles. The van der Waals surface area contributed by atoms with E-state index >= 15 is 0 Å². The zero-order valence-electron chi connectivity index (χ0n) is 12.1. The second-order valence-electron chi connectivity index (χ2n) is 4.65. The van der Waals surface area contributed by atoms with Crippen molar-refractivity contribution in [1.82, 2.24) is 4.98 Å². The summed E-state index contributed by atoms with van der Waals surface area (Å²) < 4.78 is 5.19. The van der Waals surface area contributed by atoms with Crippen molar-refractivity contribution in [2.75, 3.05) is 11.9 Å². The number of aryl methyl sites for hydroxylation is 1. The summed E-state index contributed by atoms with van der Waals surface area (Å²) in [6.07, 6.45) is 0. The third kappa shape index (κ3) is 4.58. The minimum atomic E-state index is -0.568. The molecule has 1 aromatic heterocycles. The van der Waals surface area contributed by atoms with Crippen molar-refractivity contribution in [2.45, 2.75) is 6.92 Å². The van der Waals surface area contributed by atoms with Crippen molar-refractivity contribution >= 4 is 40.7 Å². The second-order valence-corrected chi connectivity index (χ2v) is 5.44. The largest absolute Gasteiger partial charge is 0.484 e. The summed E-state index contributed by atoms with van der Waals surface area (Å²) in [7, 11) is 0. The fourth-order valence-corrected chi connectivity index (χ4v) is 2.12. The smallest absolute Gasteiger partial charge is 0.275 e. The highest BCUT2D eigenvalue weighted by molar-refractivity contribution is 6.35. The van der Waals surface area contributed by atoms with Gasteiger partial charge in [-0.1, -0.05) is 23.2 Å². The number of primary amides is 1. The summed E-state index contributed by atoms with van der Waals surface area (Å²) in [4.78, 5) is 26.8. The predicted molar refractivity (Wildman–Crippen MR) is 88.1 cm³/mol. The van der Waals surface area contributed by atoms with Crippen LogP contribution in [0.2, 0.25) is 10.2 Å². The maximum absolute atomic E-state index is 12.2. The van der Waals surface area contributed by atoms with Gasteiger partial charge in [-0.3, -0.25) is 9.59 Å². The van der Waals surface area contributed by atoms with Gasteiger partial charge in [-0.15, -0.1) is 0 Å². The van der Waals surface area contributed by atoms with Gasteiger partial charge >= 0.3 is 0 Å². The number of nitrogens with zero attached hydrogens (tertiary/aromatic N) is 1. The van der Waals surface area contributed by atoms with Crippen molar-refractivity contribution in [3.8, 4) is 5.75 Å². The molecule has 1 heterocycles. The molecule has 0 fully saturated rings. The number of nitrogens with two attached hydrogens (primary N) is 1. The summed E-state index contributed by atoms with van der Waals surface area (Å²) in [6, 6.07) is 7.92. The molecule has 6 nitrogen and oxygen atoms in total. The molecule has 0 unspecified atom stereocenters. The number of pyridine rings is 1. The quantitative estimate of drug-likeness (QED) is 0.808. The fraction of sp³-hybridized carbons (Fsp3) is 0.133.